The zero-order valence-corrected chi connectivity index (χ0v) is 32.0. The van der Waals surface area contributed by atoms with Gasteiger partial charge in [0.15, 0.2) is 5.82 Å². The minimum Gasteiger partial charge on any atom is -0.309 e. The molecule has 12 rings (SSSR count). The Bertz CT molecular complexity index is 3590. The Morgan fingerprint density at radius 2 is 0.915 bits per heavy atom. The number of benzene rings is 10. The first-order valence-corrected chi connectivity index (χ1v) is 20.2. The van der Waals surface area contributed by atoms with E-state index in [1.54, 1.807) is 0 Å². The molecule has 0 radical (unpaired) electrons. The molecule has 59 heavy (non-hydrogen) atoms. The largest absolute Gasteiger partial charge is 0.309 e. The average molecular weight is 750 g/mol. The molecule has 2 aromatic heterocycles. The van der Waals surface area contributed by atoms with Gasteiger partial charge in [-0.3, -0.25) is 0 Å². The van der Waals surface area contributed by atoms with Crippen LogP contribution in [0.15, 0.2) is 212 Å². The average Bonchev–Trinajstić information content (AvgIpc) is 3.66. The van der Waals surface area contributed by atoms with Crippen LogP contribution in [0.1, 0.15) is 0 Å². The highest BCUT2D eigenvalue weighted by atomic mass is 15.0. The molecular weight excluding hydrogens is 715 g/mol. The van der Waals surface area contributed by atoms with Gasteiger partial charge in [0.05, 0.1) is 27.9 Å². The standard InChI is InChI=1S/C56H35N3/c1-4-16-36(17-5-1)47-35-52-54(46-27-15-13-25-44(46)47)53-42-23-11-10-18-37(42)29-32-51(53)59(52)50-33-30-41(43-24-12-14-26-45(43)50)40-28-31-49-48(34-40)55(38-19-6-2-7-20-38)58-56(57-49)39-21-8-3-9-22-39/h1-35H. The number of fused-ring (bicyclic) bond motifs is 9. The molecule has 2 heterocycles. The third kappa shape index (κ3) is 5.29. The van der Waals surface area contributed by atoms with Gasteiger partial charge < -0.3 is 4.57 Å². The van der Waals surface area contributed by atoms with Crippen molar-refractivity contribution >= 4 is 65.0 Å². The molecule has 0 aliphatic heterocycles. The fraction of sp³-hybridized carbons (Fsp3) is 0. The van der Waals surface area contributed by atoms with E-state index in [-0.39, 0.29) is 0 Å². The molecule has 0 bridgehead atoms. The SMILES string of the molecule is c1ccc(-c2nc(-c3ccccc3)c3cc(-c4ccc(-n5c6ccc7ccccc7c6c6c7ccccc7c(-c7ccccc7)cc65)c5ccccc45)ccc3n2)cc1. The van der Waals surface area contributed by atoms with Crippen molar-refractivity contribution in [2.75, 3.05) is 0 Å². The normalized spacial score (nSPS) is 11.7. The van der Waals surface area contributed by atoms with E-state index in [4.69, 9.17) is 9.97 Å². The summed E-state index contributed by atoms with van der Waals surface area (Å²) >= 11 is 0. The Morgan fingerprint density at radius 3 is 1.66 bits per heavy atom. The molecule has 0 spiro atoms. The zero-order chi connectivity index (χ0) is 38.9. The van der Waals surface area contributed by atoms with Crippen molar-refractivity contribution in [2.24, 2.45) is 0 Å². The molecule has 0 aliphatic carbocycles. The zero-order valence-electron chi connectivity index (χ0n) is 32.0. The summed E-state index contributed by atoms with van der Waals surface area (Å²) in [5, 5.41) is 11.0. The second-order valence-electron chi connectivity index (χ2n) is 15.3. The summed E-state index contributed by atoms with van der Waals surface area (Å²) in [6.07, 6.45) is 0. The van der Waals surface area contributed by atoms with Crippen LogP contribution in [0.25, 0.3) is 116 Å². The van der Waals surface area contributed by atoms with Gasteiger partial charge in [0.2, 0.25) is 0 Å². The fourth-order valence-corrected chi connectivity index (χ4v) is 9.31. The lowest BCUT2D eigenvalue weighted by Crippen LogP contribution is -1.98. The molecule has 0 saturated carbocycles. The van der Waals surface area contributed by atoms with Crippen LogP contribution < -0.4 is 0 Å². The van der Waals surface area contributed by atoms with Crippen LogP contribution in [0.2, 0.25) is 0 Å². The minimum absolute atomic E-state index is 0.724. The maximum Gasteiger partial charge on any atom is 0.160 e. The third-order valence-electron chi connectivity index (χ3n) is 12.0. The van der Waals surface area contributed by atoms with E-state index in [1.807, 2.05) is 18.2 Å². The van der Waals surface area contributed by atoms with E-state index >= 15 is 0 Å². The van der Waals surface area contributed by atoms with Crippen molar-refractivity contribution in [3.8, 4) is 50.6 Å². The van der Waals surface area contributed by atoms with Gasteiger partial charge in [-0.2, -0.15) is 0 Å². The van der Waals surface area contributed by atoms with E-state index in [1.165, 1.54) is 70.8 Å². The number of rotatable bonds is 5. The molecule has 0 atom stereocenters. The van der Waals surface area contributed by atoms with E-state index in [0.29, 0.717) is 0 Å². The van der Waals surface area contributed by atoms with Gasteiger partial charge in [0, 0.05) is 32.7 Å². The van der Waals surface area contributed by atoms with Gasteiger partial charge in [0.25, 0.3) is 0 Å². The molecule has 0 saturated heterocycles. The fourth-order valence-electron chi connectivity index (χ4n) is 9.31. The first kappa shape index (κ1) is 33.3. The molecule has 0 fully saturated rings. The van der Waals surface area contributed by atoms with Crippen molar-refractivity contribution in [1.29, 1.82) is 0 Å². The molecule has 12 aromatic rings. The van der Waals surface area contributed by atoms with Crippen molar-refractivity contribution in [3.05, 3.63) is 212 Å². The van der Waals surface area contributed by atoms with Gasteiger partial charge in [-0.25, -0.2) is 9.97 Å². The molecule has 3 heteroatoms. The van der Waals surface area contributed by atoms with Gasteiger partial charge in [-0.1, -0.05) is 182 Å². The van der Waals surface area contributed by atoms with Crippen LogP contribution >= 0.6 is 0 Å². The van der Waals surface area contributed by atoms with Crippen molar-refractivity contribution in [1.82, 2.24) is 14.5 Å². The highest BCUT2D eigenvalue weighted by Gasteiger charge is 2.22. The smallest absolute Gasteiger partial charge is 0.160 e. The van der Waals surface area contributed by atoms with Crippen LogP contribution in [0.5, 0.6) is 0 Å². The summed E-state index contributed by atoms with van der Waals surface area (Å²) in [5.41, 5.74) is 12.2. The van der Waals surface area contributed by atoms with Gasteiger partial charge in [-0.15, -0.1) is 0 Å². The molecular formula is C56H35N3. The highest BCUT2D eigenvalue weighted by Crippen LogP contribution is 2.45. The predicted octanol–water partition coefficient (Wildman–Crippen LogP) is 14.9. The lowest BCUT2D eigenvalue weighted by atomic mass is 9.93. The Hall–Kier alpha value is -7.88. The van der Waals surface area contributed by atoms with Crippen molar-refractivity contribution < 1.29 is 0 Å². The van der Waals surface area contributed by atoms with E-state index in [0.717, 1.165) is 44.8 Å². The maximum absolute atomic E-state index is 5.20. The molecule has 0 unspecified atom stereocenters. The summed E-state index contributed by atoms with van der Waals surface area (Å²) in [6, 6.07) is 76.3. The van der Waals surface area contributed by atoms with E-state index in [2.05, 4.69) is 199 Å². The van der Waals surface area contributed by atoms with Crippen LogP contribution in [-0.2, 0) is 0 Å². The first-order valence-electron chi connectivity index (χ1n) is 20.2. The Morgan fingerprint density at radius 1 is 0.322 bits per heavy atom. The molecule has 10 aromatic carbocycles. The summed E-state index contributed by atoms with van der Waals surface area (Å²) in [6.45, 7) is 0. The van der Waals surface area contributed by atoms with Crippen LogP contribution in [0, 0.1) is 0 Å². The van der Waals surface area contributed by atoms with E-state index < -0.39 is 0 Å². The number of nitrogens with zero attached hydrogens (tertiary/aromatic N) is 3. The quantitative estimate of drug-likeness (QED) is 0.175. The second-order valence-corrected chi connectivity index (χ2v) is 15.3. The third-order valence-corrected chi connectivity index (χ3v) is 12.0. The molecule has 0 aliphatic rings. The number of hydrogen-bond donors (Lipinski definition) is 0. The van der Waals surface area contributed by atoms with Crippen molar-refractivity contribution in [2.45, 2.75) is 0 Å². The monoisotopic (exact) mass is 749 g/mol. The lowest BCUT2D eigenvalue weighted by Gasteiger charge is -2.17. The Kier molecular flexibility index (Phi) is 7.54. The van der Waals surface area contributed by atoms with Crippen LogP contribution in [0.3, 0.4) is 0 Å². The summed E-state index contributed by atoms with van der Waals surface area (Å²) < 4.78 is 2.51. The van der Waals surface area contributed by atoms with Crippen LogP contribution in [-0.4, -0.2) is 14.5 Å². The molecule has 0 amide bonds. The number of hydrogen-bond acceptors (Lipinski definition) is 2. The summed E-state index contributed by atoms with van der Waals surface area (Å²) in [7, 11) is 0. The maximum atomic E-state index is 5.20. The molecule has 3 nitrogen and oxygen atoms in total. The van der Waals surface area contributed by atoms with Crippen molar-refractivity contribution in [3.63, 3.8) is 0 Å². The predicted molar refractivity (Wildman–Crippen MR) is 248 cm³/mol. The lowest BCUT2D eigenvalue weighted by molar-refractivity contribution is 1.20. The van der Waals surface area contributed by atoms with Gasteiger partial charge in [0.1, 0.15) is 0 Å². The molecule has 0 N–H and O–H groups in total. The van der Waals surface area contributed by atoms with E-state index in [9.17, 15) is 0 Å². The topological polar surface area (TPSA) is 30.7 Å². The summed E-state index contributed by atoms with van der Waals surface area (Å²) in [5.74, 6) is 0.724. The number of aromatic nitrogens is 3. The van der Waals surface area contributed by atoms with Gasteiger partial charge in [-0.05, 0) is 79.5 Å². The highest BCUT2D eigenvalue weighted by molar-refractivity contribution is 6.30. The molecule has 274 valence electrons. The second kappa shape index (κ2) is 13.4. The Labute approximate surface area is 341 Å². The van der Waals surface area contributed by atoms with Crippen LogP contribution in [0.4, 0.5) is 0 Å². The summed E-state index contributed by atoms with van der Waals surface area (Å²) in [4.78, 5) is 10.3. The first-order chi connectivity index (χ1) is 29.3. The Balaban J connectivity index is 1.13. The van der Waals surface area contributed by atoms with Gasteiger partial charge >= 0.3 is 0 Å². The minimum atomic E-state index is 0.724.